The minimum absolute atomic E-state index is 0.0126. The molecule has 0 spiro atoms. The summed E-state index contributed by atoms with van der Waals surface area (Å²) in [5.41, 5.74) is 0. The molecule has 0 aromatic heterocycles. The molecular weight excluding hydrogens is 1050 g/mol. The molecule has 0 saturated heterocycles. The maximum atomic E-state index is 12.5. The fourth-order valence-corrected chi connectivity index (χ4v) is 12.4. The van der Waals surface area contributed by atoms with E-state index in [4.69, 9.17) is 4.74 Å². The van der Waals surface area contributed by atoms with Gasteiger partial charge in [-0.05, 0) is 83.5 Å². The van der Waals surface area contributed by atoms with Gasteiger partial charge in [0.15, 0.2) is 0 Å². The van der Waals surface area contributed by atoms with Crippen LogP contribution >= 0.6 is 0 Å². The number of esters is 1. The molecule has 0 bridgehead atoms. The molecule has 86 heavy (non-hydrogen) atoms. The van der Waals surface area contributed by atoms with Gasteiger partial charge in [-0.15, -0.1) is 0 Å². The van der Waals surface area contributed by atoms with E-state index in [1.54, 1.807) is 6.08 Å². The van der Waals surface area contributed by atoms with E-state index in [1.807, 2.05) is 6.08 Å². The molecule has 6 heteroatoms. The molecule has 0 heterocycles. The molecule has 2 unspecified atom stereocenters. The van der Waals surface area contributed by atoms with Crippen LogP contribution < -0.4 is 5.32 Å². The van der Waals surface area contributed by atoms with Gasteiger partial charge in [0.1, 0.15) is 0 Å². The summed E-state index contributed by atoms with van der Waals surface area (Å²) in [5.74, 6) is -0.0473. The van der Waals surface area contributed by atoms with Crippen LogP contribution in [0.5, 0.6) is 0 Å². The van der Waals surface area contributed by atoms with Crippen molar-refractivity contribution in [3.63, 3.8) is 0 Å². The fraction of sp³-hybridized carbons (Fsp3) is 0.900. The smallest absolute Gasteiger partial charge is 0.305 e. The lowest BCUT2D eigenvalue weighted by Crippen LogP contribution is -2.45. The monoisotopic (exact) mass is 1210 g/mol. The Morgan fingerprint density at radius 2 is 0.547 bits per heavy atom. The van der Waals surface area contributed by atoms with E-state index in [1.165, 1.54) is 366 Å². The Balaban J connectivity index is 3.34. The SMILES string of the molecule is CCCCC/C=C\CCCCCCCC(=O)OCCCCCCCCCCCCCCCCCCCC/C=C\CCCCCCCCCCCCCCCCCCCC(=O)NC(CO)C(O)/C=C/CCCCCCCCCCCCCCCCCC. The summed E-state index contributed by atoms with van der Waals surface area (Å²) >= 11 is 0. The molecule has 0 saturated carbocycles. The van der Waals surface area contributed by atoms with Gasteiger partial charge in [-0.25, -0.2) is 0 Å². The fourth-order valence-electron chi connectivity index (χ4n) is 12.4. The highest BCUT2D eigenvalue weighted by atomic mass is 16.5. The van der Waals surface area contributed by atoms with Gasteiger partial charge in [0.05, 0.1) is 25.4 Å². The van der Waals surface area contributed by atoms with Crippen molar-refractivity contribution in [1.29, 1.82) is 0 Å². The number of ether oxygens (including phenoxy) is 1. The third kappa shape index (κ3) is 71.2. The van der Waals surface area contributed by atoms with E-state index in [0.29, 0.717) is 19.4 Å². The van der Waals surface area contributed by atoms with Gasteiger partial charge < -0.3 is 20.3 Å². The first-order chi connectivity index (χ1) is 42.5. The molecule has 508 valence electrons. The molecule has 1 amide bonds. The zero-order valence-corrected chi connectivity index (χ0v) is 58.3. The lowest BCUT2D eigenvalue weighted by molar-refractivity contribution is -0.143. The van der Waals surface area contributed by atoms with Gasteiger partial charge in [0.25, 0.3) is 0 Å². The second-order valence-electron chi connectivity index (χ2n) is 27.0. The van der Waals surface area contributed by atoms with Crippen molar-refractivity contribution in [1.82, 2.24) is 5.32 Å². The summed E-state index contributed by atoms with van der Waals surface area (Å²) in [6, 6.07) is -0.625. The second-order valence-corrected chi connectivity index (χ2v) is 27.0. The van der Waals surface area contributed by atoms with Crippen LogP contribution in [0.3, 0.4) is 0 Å². The third-order valence-corrected chi connectivity index (χ3v) is 18.4. The van der Waals surface area contributed by atoms with Gasteiger partial charge in [0.2, 0.25) is 5.91 Å². The molecular formula is C80H153NO5. The molecule has 3 N–H and O–H groups in total. The predicted molar refractivity (Wildman–Crippen MR) is 379 cm³/mol. The molecule has 0 rings (SSSR count). The Bertz CT molecular complexity index is 1390. The van der Waals surface area contributed by atoms with E-state index in [-0.39, 0.29) is 18.5 Å². The first-order valence-corrected chi connectivity index (χ1v) is 39.3. The van der Waals surface area contributed by atoms with E-state index in [0.717, 1.165) is 44.9 Å². The number of nitrogens with one attached hydrogen (secondary N) is 1. The molecule has 6 nitrogen and oxygen atoms in total. The van der Waals surface area contributed by atoms with Crippen LogP contribution in [-0.2, 0) is 14.3 Å². The number of rotatable bonds is 74. The van der Waals surface area contributed by atoms with Crippen molar-refractivity contribution in [2.45, 2.75) is 450 Å². The van der Waals surface area contributed by atoms with Crippen LogP contribution in [0.25, 0.3) is 0 Å². The molecule has 0 aliphatic rings. The minimum Gasteiger partial charge on any atom is -0.466 e. The zero-order chi connectivity index (χ0) is 62.0. The Kier molecular flexibility index (Phi) is 73.9. The summed E-state index contributed by atoms with van der Waals surface area (Å²) in [5, 5.41) is 23.2. The maximum Gasteiger partial charge on any atom is 0.305 e. The number of hydrogen-bond acceptors (Lipinski definition) is 5. The Labute approximate surface area is 538 Å². The zero-order valence-electron chi connectivity index (χ0n) is 58.3. The average molecular weight is 1210 g/mol. The summed E-state index contributed by atoms with van der Waals surface area (Å²) in [7, 11) is 0. The van der Waals surface area contributed by atoms with Crippen molar-refractivity contribution in [3.8, 4) is 0 Å². The minimum atomic E-state index is -0.842. The number of aliphatic hydroxyl groups is 2. The first kappa shape index (κ1) is 84.1. The van der Waals surface area contributed by atoms with Crippen molar-refractivity contribution in [3.05, 3.63) is 36.5 Å². The Hall–Kier alpha value is -1.92. The summed E-state index contributed by atoms with van der Waals surface area (Å²) in [6.45, 7) is 4.92. The lowest BCUT2D eigenvalue weighted by atomic mass is 10.0. The summed E-state index contributed by atoms with van der Waals surface area (Å²) < 4.78 is 5.48. The van der Waals surface area contributed by atoms with Gasteiger partial charge in [0, 0.05) is 12.8 Å². The molecule has 0 aromatic rings. The Morgan fingerprint density at radius 3 is 0.849 bits per heavy atom. The number of allylic oxidation sites excluding steroid dienone is 5. The predicted octanol–water partition coefficient (Wildman–Crippen LogP) is 25.8. The average Bonchev–Trinajstić information content (AvgIpc) is 3.53. The van der Waals surface area contributed by atoms with Crippen LogP contribution in [-0.4, -0.2) is 47.4 Å². The second kappa shape index (κ2) is 75.5. The maximum absolute atomic E-state index is 12.5. The van der Waals surface area contributed by atoms with Gasteiger partial charge >= 0.3 is 5.97 Å². The largest absolute Gasteiger partial charge is 0.466 e. The Morgan fingerprint density at radius 1 is 0.314 bits per heavy atom. The molecule has 2 atom stereocenters. The first-order valence-electron chi connectivity index (χ1n) is 39.3. The molecule has 0 radical (unpaired) electrons. The number of hydrogen-bond donors (Lipinski definition) is 3. The van der Waals surface area contributed by atoms with Crippen molar-refractivity contribution >= 4 is 11.9 Å². The molecule has 0 aliphatic carbocycles. The standard InChI is InChI=1S/C80H153NO5/c1-3-5-7-9-11-13-15-17-18-19-43-46-49-52-56-60-64-68-72-78(83)77(76-82)81-79(84)73-69-65-61-57-53-50-47-44-41-39-37-35-33-31-29-27-25-23-21-20-22-24-26-28-30-32-34-36-38-40-42-45-48-51-55-59-63-67-71-75-86-80(85)74-70-66-62-58-54-16-14-12-10-8-6-4-2/h12,14,20-21,68,72,77-78,82-83H,3-11,13,15-19,22-67,69-71,73-76H2,1-2H3,(H,81,84)/b14-12-,21-20-,72-68+. The van der Waals surface area contributed by atoms with E-state index in [9.17, 15) is 19.8 Å². The quantitative estimate of drug-likeness (QED) is 0.0320. The third-order valence-electron chi connectivity index (χ3n) is 18.4. The van der Waals surface area contributed by atoms with Crippen LogP contribution in [0, 0.1) is 0 Å². The normalized spacial score (nSPS) is 12.7. The van der Waals surface area contributed by atoms with Crippen LogP contribution in [0.2, 0.25) is 0 Å². The number of amides is 1. The van der Waals surface area contributed by atoms with Gasteiger partial charge in [-0.3, -0.25) is 9.59 Å². The molecule has 0 fully saturated rings. The van der Waals surface area contributed by atoms with Gasteiger partial charge in [-0.2, -0.15) is 0 Å². The molecule has 0 aliphatic heterocycles. The van der Waals surface area contributed by atoms with Crippen molar-refractivity contribution in [2.75, 3.05) is 13.2 Å². The highest BCUT2D eigenvalue weighted by molar-refractivity contribution is 5.76. The van der Waals surface area contributed by atoms with Crippen molar-refractivity contribution in [2.24, 2.45) is 0 Å². The van der Waals surface area contributed by atoms with Crippen molar-refractivity contribution < 1.29 is 24.5 Å². The lowest BCUT2D eigenvalue weighted by Gasteiger charge is -2.20. The summed E-state index contributed by atoms with van der Waals surface area (Å²) in [6.07, 6.45) is 98.5. The van der Waals surface area contributed by atoms with E-state index < -0.39 is 12.1 Å². The highest BCUT2D eigenvalue weighted by Gasteiger charge is 2.18. The van der Waals surface area contributed by atoms with Crippen LogP contribution in [0.1, 0.15) is 438 Å². The number of carbonyl (C=O) groups excluding carboxylic acids is 2. The topological polar surface area (TPSA) is 95.9 Å². The number of carbonyl (C=O) groups is 2. The summed E-state index contributed by atoms with van der Waals surface area (Å²) in [4.78, 5) is 24.6. The van der Waals surface area contributed by atoms with Crippen LogP contribution in [0.15, 0.2) is 36.5 Å². The van der Waals surface area contributed by atoms with Crippen LogP contribution in [0.4, 0.5) is 0 Å². The molecule has 0 aromatic carbocycles. The number of unbranched alkanes of at least 4 members (excludes halogenated alkanes) is 59. The van der Waals surface area contributed by atoms with E-state index >= 15 is 0 Å². The van der Waals surface area contributed by atoms with Gasteiger partial charge in [-0.1, -0.05) is 378 Å². The highest BCUT2D eigenvalue weighted by Crippen LogP contribution is 2.19. The van der Waals surface area contributed by atoms with E-state index in [2.05, 4.69) is 43.5 Å². The number of aliphatic hydroxyl groups excluding tert-OH is 2.